The number of ketones is 1. The molecule has 0 saturated heterocycles. The minimum absolute atomic E-state index is 0.132. The van der Waals surface area contributed by atoms with Gasteiger partial charge < -0.3 is 5.11 Å². The lowest BCUT2D eigenvalue weighted by Crippen LogP contribution is -2.52. The maximum Gasteiger partial charge on any atom is 0.157 e. The molecule has 5 heteroatoms. The summed E-state index contributed by atoms with van der Waals surface area (Å²) < 4.78 is 15.1. The molecule has 4 nitrogen and oxygen atoms in total. The third kappa shape index (κ3) is 3.19. The Hall–Kier alpha value is -1.23. The van der Waals surface area contributed by atoms with Crippen LogP contribution >= 0.6 is 0 Å². The Kier molecular flexibility index (Phi) is 4.88. The van der Waals surface area contributed by atoms with Gasteiger partial charge in [0.05, 0.1) is 12.1 Å². The third-order valence-electron chi connectivity index (χ3n) is 9.62. The molecule has 0 aromatic carbocycles. The molecule has 0 aliphatic heterocycles. The largest absolute Gasteiger partial charge is 0.387 e. The highest BCUT2D eigenvalue weighted by atomic mass is 19.1. The number of Topliss-reactive ketones (excluding diaryl/α,β-unsaturated/α-hetero) is 1. The number of carbonyl (C=O) groups is 1. The van der Waals surface area contributed by atoms with Crippen LogP contribution in [-0.2, 0) is 11.3 Å². The van der Waals surface area contributed by atoms with Crippen molar-refractivity contribution >= 4 is 5.78 Å². The van der Waals surface area contributed by atoms with Gasteiger partial charge in [0.1, 0.15) is 6.67 Å². The summed E-state index contributed by atoms with van der Waals surface area (Å²) in [6, 6.07) is 1.88. The molecule has 160 valence electrons. The summed E-state index contributed by atoms with van der Waals surface area (Å²) in [6.07, 6.45) is 12.8. The maximum atomic E-state index is 13.3. The van der Waals surface area contributed by atoms with Crippen molar-refractivity contribution in [3.05, 3.63) is 18.5 Å². The van der Waals surface area contributed by atoms with Crippen LogP contribution in [0, 0.1) is 40.9 Å². The second-order valence-corrected chi connectivity index (χ2v) is 10.9. The summed E-state index contributed by atoms with van der Waals surface area (Å²) in [7, 11) is 0. The van der Waals surface area contributed by atoms with Gasteiger partial charge in [0, 0.05) is 18.3 Å². The van der Waals surface area contributed by atoms with Crippen LogP contribution in [0.4, 0.5) is 4.39 Å². The zero-order valence-electron chi connectivity index (χ0n) is 17.6. The topological polar surface area (TPSA) is 55.1 Å². The SMILES string of the molecule is CC12CCC3C4CCC(O)(CF)CC4CCC3C1CCC2C(=O)Cn1cccn1. The Morgan fingerprint density at radius 1 is 1.14 bits per heavy atom. The summed E-state index contributed by atoms with van der Waals surface area (Å²) in [5, 5.41) is 14.7. The Labute approximate surface area is 173 Å². The third-order valence-corrected chi connectivity index (χ3v) is 9.62. The first-order valence-corrected chi connectivity index (χ1v) is 11.7. The average Bonchev–Trinajstić information content (AvgIpc) is 3.34. The van der Waals surface area contributed by atoms with E-state index in [2.05, 4.69) is 12.0 Å². The van der Waals surface area contributed by atoms with Crippen molar-refractivity contribution in [2.24, 2.45) is 40.9 Å². The van der Waals surface area contributed by atoms with Gasteiger partial charge in [-0.25, -0.2) is 4.39 Å². The number of alkyl halides is 1. The molecule has 0 bridgehead atoms. The van der Waals surface area contributed by atoms with E-state index in [1.807, 2.05) is 12.3 Å². The smallest absolute Gasteiger partial charge is 0.157 e. The van der Waals surface area contributed by atoms with Crippen LogP contribution in [0.1, 0.15) is 64.7 Å². The molecule has 0 amide bonds. The van der Waals surface area contributed by atoms with Crippen LogP contribution in [-0.4, -0.2) is 32.9 Å². The van der Waals surface area contributed by atoms with E-state index in [4.69, 9.17) is 0 Å². The Balaban J connectivity index is 1.31. The second kappa shape index (κ2) is 7.18. The Morgan fingerprint density at radius 3 is 2.72 bits per heavy atom. The highest BCUT2D eigenvalue weighted by Gasteiger charge is 2.58. The fraction of sp³-hybridized carbons (Fsp3) is 0.833. The number of aromatic nitrogens is 2. The van der Waals surface area contributed by atoms with Crippen LogP contribution in [0.3, 0.4) is 0 Å². The molecule has 8 unspecified atom stereocenters. The number of fused-ring (bicyclic) bond motifs is 5. The standard InChI is InChI=1S/C24H35FN2O2/c1-23-9-7-18-17-8-10-24(29,15-25)13-16(17)3-4-19(18)20(23)5-6-21(23)22(28)14-27-12-2-11-26-27/h2,11-12,16-21,29H,3-10,13-15H2,1H3. The highest BCUT2D eigenvalue weighted by Crippen LogP contribution is 2.64. The summed E-state index contributed by atoms with van der Waals surface area (Å²) in [5.74, 6) is 3.76. The molecule has 4 saturated carbocycles. The first kappa shape index (κ1) is 19.7. The lowest BCUT2D eigenvalue weighted by molar-refractivity contribution is -0.134. The molecular weight excluding hydrogens is 367 g/mol. The molecule has 1 aromatic heterocycles. The average molecular weight is 403 g/mol. The van der Waals surface area contributed by atoms with E-state index in [9.17, 15) is 14.3 Å². The van der Waals surface area contributed by atoms with E-state index in [0.29, 0.717) is 48.8 Å². The van der Waals surface area contributed by atoms with Crippen molar-refractivity contribution in [3.63, 3.8) is 0 Å². The van der Waals surface area contributed by atoms with Crippen LogP contribution in [0.25, 0.3) is 0 Å². The molecule has 5 rings (SSSR count). The predicted molar refractivity (Wildman–Crippen MR) is 109 cm³/mol. The van der Waals surface area contributed by atoms with Gasteiger partial charge in [0.2, 0.25) is 0 Å². The minimum atomic E-state index is -1.06. The number of halogens is 1. The number of aliphatic hydroxyl groups is 1. The van der Waals surface area contributed by atoms with Crippen LogP contribution in [0.15, 0.2) is 18.5 Å². The molecule has 0 radical (unpaired) electrons. The number of carbonyl (C=O) groups excluding carboxylic acids is 1. The second-order valence-electron chi connectivity index (χ2n) is 10.9. The van der Waals surface area contributed by atoms with E-state index in [1.54, 1.807) is 10.9 Å². The lowest BCUT2D eigenvalue weighted by Gasteiger charge is -2.56. The van der Waals surface area contributed by atoms with Crippen molar-refractivity contribution in [1.82, 2.24) is 9.78 Å². The first-order chi connectivity index (χ1) is 13.9. The van der Waals surface area contributed by atoms with E-state index in [0.717, 1.165) is 31.6 Å². The molecule has 8 atom stereocenters. The molecule has 1 heterocycles. The highest BCUT2D eigenvalue weighted by molar-refractivity contribution is 5.82. The van der Waals surface area contributed by atoms with E-state index in [1.165, 1.54) is 19.3 Å². The van der Waals surface area contributed by atoms with Crippen molar-refractivity contribution in [1.29, 1.82) is 0 Å². The lowest BCUT2D eigenvalue weighted by atomic mass is 9.49. The van der Waals surface area contributed by atoms with Gasteiger partial charge in [0.15, 0.2) is 5.78 Å². The summed E-state index contributed by atoms with van der Waals surface area (Å²) in [4.78, 5) is 13.1. The minimum Gasteiger partial charge on any atom is -0.387 e. The Morgan fingerprint density at radius 2 is 1.97 bits per heavy atom. The normalized spacial score (nSPS) is 46.6. The molecule has 4 fully saturated rings. The van der Waals surface area contributed by atoms with Crippen molar-refractivity contribution in [2.45, 2.75) is 76.9 Å². The van der Waals surface area contributed by atoms with Crippen LogP contribution in [0.2, 0.25) is 0 Å². The number of hydrogen-bond acceptors (Lipinski definition) is 3. The monoisotopic (exact) mass is 402 g/mol. The molecule has 4 aliphatic carbocycles. The molecule has 1 N–H and O–H groups in total. The van der Waals surface area contributed by atoms with Gasteiger partial charge in [0.25, 0.3) is 0 Å². The molecular formula is C24H35FN2O2. The fourth-order valence-electron chi connectivity index (χ4n) is 8.28. The van der Waals surface area contributed by atoms with E-state index in [-0.39, 0.29) is 11.3 Å². The van der Waals surface area contributed by atoms with Crippen LogP contribution < -0.4 is 0 Å². The van der Waals surface area contributed by atoms with E-state index < -0.39 is 12.3 Å². The van der Waals surface area contributed by atoms with E-state index >= 15 is 0 Å². The van der Waals surface area contributed by atoms with Crippen LogP contribution in [0.5, 0.6) is 0 Å². The van der Waals surface area contributed by atoms with Crippen molar-refractivity contribution in [3.8, 4) is 0 Å². The first-order valence-electron chi connectivity index (χ1n) is 11.7. The predicted octanol–water partition coefficient (Wildman–Crippen LogP) is 4.42. The quantitative estimate of drug-likeness (QED) is 0.811. The zero-order chi connectivity index (χ0) is 20.2. The van der Waals surface area contributed by atoms with Crippen molar-refractivity contribution in [2.75, 3.05) is 6.67 Å². The van der Waals surface area contributed by atoms with Gasteiger partial charge in [-0.15, -0.1) is 0 Å². The molecule has 4 aliphatic rings. The summed E-state index contributed by atoms with van der Waals surface area (Å²) >= 11 is 0. The zero-order valence-corrected chi connectivity index (χ0v) is 17.6. The molecule has 1 aromatic rings. The number of hydrogen-bond donors (Lipinski definition) is 1. The van der Waals surface area contributed by atoms with Gasteiger partial charge in [-0.1, -0.05) is 6.92 Å². The molecule has 0 spiro atoms. The van der Waals surface area contributed by atoms with Crippen molar-refractivity contribution < 1.29 is 14.3 Å². The number of rotatable bonds is 4. The van der Waals surface area contributed by atoms with Gasteiger partial charge >= 0.3 is 0 Å². The summed E-state index contributed by atoms with van der Waals surface area (Å²) in [6.45, 7) is 2.20. The summed E-state index contributed by atoms with van der Waals surface area (Å²) in [5.41, 5.74) is -0.929. The van der Waals surface area contributed by atoms with Gasteiger partial charge in [-0.3, -0.25) is 9.48 Å². The number of nitrogens with zero attached hydrogens (tertiary/aromatic N) is 2. The fourth-order valence-corrected chi connectivity index (χ4v) is 8.28. The maximum absolute atomic E-state index is 13.3. The Bertz CT molecular complexity index is 752. The van der Waals surface area contributed by atoms with Gasteiger partial charge in [-0.2, -0.15) is 5.10 Å². The van der Waals surface area contributed by atoms with Gasteiger partial charge in [-0.05, 0) is 98.9 Å². The molecule has 29 heavy (non-hydrogen) atoms.